The maximum absolute atomic E-state index is 3.69. The molecule has 0 spiro atoms. The normalized spacial score (nSPS) is 8.12. The van der Waals surface area contributed by atoms with Crippen molar-refractivity contribution in [3.8, 4) is 0 Å². The molecular weight excluding hydrogens is 272 g/mol. The summed E-state index contributed by atoms with van der Waals surface area (Å²) in [6.45, 7) is 4.33. The Balaban J connectivity index is 0.000000490. The summed E-state index contributed by atoms with van der Waals surface area (Å²) in [4.78, 5) is 3.69. The Morgan fingerprint density at radius 2 is 2.50 bits per heavy atom. The zero-order valence-corrected chi connectivity index (χ0v) is 7.30. The minimum atomic E-state index is 0. The largest absolute Gasteiger partial charge is 2.00 e. The maximum Gasteiger partial charge on any atom is 2.00 e. The molecule has 0 aliphatic carbocycles. The van der Waals surface area contributed by atoms with Gasteiger partial charge in [-0.15, -0.1) is 18.9 Å². The van der Waals surface area contributed by atoms with Crippen LogP contribution in [0.5, 0.6) is 0 Å². The van der Waals surface area contributed by atoms with Crippen molar-refractivity contribution < 1.29 is 21.1 Å². The van der Waals surface area contributed by atoms with Crippen molar-refractivity contribution in [1.29, 1.82) is 0 Å². The summed E-state index contributed by atoms with van der Waals surface area (Å²) in [6, 6.07) is 0. The smallest absolute Gasteiger partial charge is 0.482 e. The van der Waals surface area contributed by atoms with Crippen LogP contribution in [0, 0.1) is 13.3 Å². The molecule has 0 atom stereocenters. The first kappa shape index (κ1) is 7.90. The molecule has 8 heavy (non-hydrogen) atoms. The van der Waals surface area contributed by atoms with E-state index in [-0.39, 0.29) is 21.1 Å². The Hall–Kier alpha value is -0.102. The third-order valence-electron chi connectivity index (χ3n) is 0.748. The van der Waals surface area contributed by atoms with Gasteiger partial charge in [-0.3, -0.25) is 0 Å². The fraction of sp³-hybridized carbons (Fsp3) is 0.200. The van der Waals surface area contributed by atoms with Crippen LogP contribution < -0.4 is 0 Å². The second-order valence-electron chi connectivity index (χ2n) is 1.22. The van der Waals surface area contributed by atoms with Gasteiger partial charge in [-0.2, -0.15) is 0 Å². The molecule has 1 aromatic heterocycles. The van der Waals surface area contributed by atoms with Gasteiger partial charge in [-0.05, 0) is 6.33 Å². The number of rotatable bonds is 1. The van der Waals surface area contributed by atoms with E-state index in [2.05, 4.69) is 18.2 Å². The van der Waals surface area contributed by atoms with Crippen LogP contribution in [-0.4, -0.2) is 9.55 Å². The van der Waals surface area contributed by atoms with Gasteiger partial charge in [-0.25, -0.2) is 0 Å². The minimum Gasteiger partial charge on any atom is -0.482 e. The predicted octanol–water partition coefficient (Wildman–Crippen LogP) is 0.515. The molecule has 2 nitrogen and oxygen atoms in total. The van der Waals surface area contributed by atoms with Crippen molar-refractivity contribution in [2.45, 2.75) is 6.54 Å². The Morgan fingerprint density at radius 1 is 1.75 bits per heavy atom. The van der Waals surface area contributed by atoms with E-state index in [1.165, 1.54) is 0 Å². The van der Waals surface area contributed by atoms with E-state index in [4.69, 9.17) is 0 Å². The summed E-state index contributed by atoms with van der Waals surface area (Å²) in [5.74, 6) is 0. The number of hydrogen-bond acceptors (Lipinski definition) is 1. The molecule has 1 aromatic rings. The Labute approximate surface area is 63.2 Å². The average Bonchev–Trinajstić information content (AvgIpc) is 2.14. The first-order valence-corrected chi connectivity index (χ1v) is 2.11. The van der Waals surface area contributed by atoms with Gasteiger partial charge in [0.2, 0.25) is 0 Å². The average molecular weight is 278 g/mol. The van der Waals surface area contributed by atoms with Crippen molar-refractivity contribution in [3.63, 3.8) is 0 Å². The van der Waals surface area contributed by atoms with Crippen LogP contribution in [0.25, 0.3) is 0 Å². The van der Waals surface area contributed by atoms with E-state index in [0.717, 1.165) is 0 Å². The van der Waals surface area contributed by atoms with E-state index >= 15 is 0 Å². The van der Waals surface area contributed by atoms with Crippen LogP contribution in [-0.2, 0) is 27.6 Å². The summed E-state index contributed by atoms with van der Waals surface area (Å²) in [6.07, 6.45) is 6.20. The van der Waals surface area contributed by atoms with Crippen molar-refractivity contribution in [2.75, 3.05) is 0 Å². The standard InChI is InChI=1S/C5H6N2.W/c1-2-7-4-3-6-5-7;/h3-4H,1-2H2;/q-2;+2. The quantitative estimate of drug-likeness (QED) is 0.685. The molecule has 0 radical (unpaired) electrons. The van der Waals surface area contributed by atoms with Gasteiger partial charge < -0.3 is 16.5 Å². The Bertz CT molecular complexity index is 125. The van der Waals surface area contributed by atoms with Gasteiger partial charge >= 0.3 is 21.1 Å². The third kappa shape index (κ3) is 1.79. The number of imidazole rings is 1. The maximum atomic E-state index is 3.69. The fourth-order valence-corrected chi connectivity index (χ4v) is 0.379. The molecular formula is C5H6N2W. The van der Waals surface area contributed by atoms with Crippen LogP contribution in [0.1, 0.15) is 0 Å². The number of nitrogens with zero attached hydrogens (tertiary/aromatic N) is 2. The summed E-state index contributed by atoms with van der Waals surface area (Å²) < 4.78 is 1.78. The van der Waals surface area contributed by atoms with Crippen LogP contribution in [0.15, 0.2) is 12.4 Å². The fourth-order valence-electron chi connectivity index (χ4n) is 0.379. The van der Waals surface area contributed by atoms with E-state index in [1.807, 2.05) is 6.20 Å². The summed E-state index contributed by atoms with van der Waals surface area (Å²) >= 11 is 0. The van der Waals surface area contributed by atoms with Crippen LogP contribution in [0.3, 0.4) is 0 Å². The van der Waals surface area contributed by atoms with Gasteiger partial charge in [0.1, 0.15) is 0 Å². The molecule has 0 aliphatic heterocycles. The first-order chi connectivity index (χ1) is 3.43. The van der Waals surface area contributed by atoms with E-state index < -0.39 is 0 Å². The van der Waals surface area contributed by atoms with Gasteiger partial charge in [0, 0.05) is 0 Å². The van der Waals surface area contributed by atoms with Crippen LogP contribution in [0.4, 0.5) is 0 Å². The molecule has 0 fully saturated rings. The molecule has 0 N–H and O–H groups in total. The molecule has 3 heteroatoms. The van der Waals surface area contributed by atoms with Crippen LogP contribution in [0.2, 0.25) is 0 Å². The van der Waals surface area contributed by atoms with Gasteiger partial charge in [0.05, 0.1) is 0 Å². The summed E-state index contributed by atoms with van der Waals surface area (Å²) in [7, 11) is 0. The topological polar surface area (TPSA) is 17.8 Å². The van der Waals surface area contributed by atoms with Crippen molar-refractivity contribution >= 4 is 0 Å². The molecule has 1 rings (SSSR count). The SMILES string of the molecule is [CH2-]Cn1[c-]ncc1.[W+2]. The molecule has 0 amide bonds. The summed E-state index contributed by atoms with van der Waals surface area (Å²) in [5, 5.41) is 0. The second kappa shape index (κ2) is 3.85. The van der Waals surface area contributed by atoms with E-state index in [0.29, 0.717) is 6.54 Å². The minimum absolute atomic E-state index is 0. The van der Waals surface area contributed by atoms with Crippen molar-refractivity contribution in [3.05, 3.63) is 25.6 Å². The molecule has 0 aromatic carbocycles. The Morgan fingerprint density at radius 3 is 2.75 bits per heavy atom. The number of hydrogen-bond donors (Lipinski definition) is 0. The second-order valence-corrected chi connectivity index (χ2v) is 1.22. The molecule has 1 heterocycles. The zero-order chi connectivity index (χ0) is 5.11. The van der Waals surface area contributed by atoms with Gasteiger partial charge in [0.25, 0.3) is 0 Å². The predicted molar refractivity (Wildman–Crippen MR) is 26.4 cm³/mol. The van der Waals surface area contributed by atoms with Gasteiger partial charge in [0.15, 0.2) is 0 Å². The Kier molecular flexibility index (Phi) is 3.80. The molecule has 0 aliphatic rings. The summed E-state index contributed by atoms with van der Waals surface area (Å²) in [5.41, 5.74) is 0. The van der Waals surface area contributed by atoms with Gasteiger partial charge in [-0.1, -0.05) is 0 Å². The first-order valence-electron chi connectivity index (χ1n) is 2.11. The monoisotopic (exact) mass is 278 g/mol. The van der Waals surface area contributed by atoms with E-state index in [9.17, 15) is 0 Å². The third-order valence-corrected chi connectivity index (χ3v) is 0.748. The van der Waals surface area contributed by atoms with Crippen molar-refractivity contribution in [2.24, 2.45) is 0 Å². The van der Waals surface area contributed by atoms with E-state index in [1.54, 1.807) is 10.8 Å². The molecule has 0 unspecified atom stereocenters. The van der Waals surface area contributed by atoms with Crippen molar-refractivity contribution in [1.82, 2.24) is 9.55 Å². The zero-order valence-electron chi connectivity index (χ0n) is 4.37. The molecule has 0 saturated heterocycles. The molecule has 0 bridgehead atoms. The van der Waals surface area contributed by atoms with Crippen LogP contribution >= 0.6 is 0 Å². The molecule has 42 valence electrons. The number of aromatic nitrogens is 2. The molecule has 0 saturated carbocycles.